The predicted octanol–water partition coefficient (Wildman–Crippen LogP) is 2.38. The number of hydrogen-bond acceptors (Lipinski definition) is 5. The van der Waals surface area contributed by atoms with Crippen LogP contribution in [0.25, 0.3) is 0 Å². The third-order valence-corrected chi connectivity index (χ3v) is 4.15. The molecule has 124 valence electrons. The second-order valence-electron chi connectivity index (χ2n) is 5.76. The molecule has 1 amide bonds. The van der Waals surface area contributed by atoms with Crippen molar-refractivity contribution in [3.05, 3.63) is 64.2 Å². The summed E-state index contributed by atoms with van der Waals surface area (Å²) in [5, 5.41) is 14.1. The minimum atomic E-state index is -0.681. The highest BCUT2D eigenvalue weighted by Crippen LogP contribution is 2.26. The van der Waals surface area contributed by atoms with Gasteiger partial charge in [-0.05, 0) is 24.6 Å². The minimum absolute atomic E-state index is 0.141. The Morgan fingerprint density at radius 2 is 2.00 bits per heavy atom. The first-order valence-electron chi connectivity index (χ1n) is 7.69. The average Bonchev–Trinajstić information content (AvgIpc) is 3.04. The van der Waals surface area contributed by atoms with E-state index in [-0.39, 0.29) is 17.3 Å². The summed E-state index contributed by atoms with van der Waals surface area (Å²) in [5.41, 5.74) is 7.05. The molecule has 2 aromatic carbocycles. The molecule has 0 bridgehead atoms. The third-order valence-electron chi connectivity index (χ3n) is 4.15. The van der Waals surface area contributed by atoms with Gasteiger partial charge in [0, 0.05) is 42.6 Å². The van der Waals surface area contributed by atoms with Crippen molar-refractivity contribution in [2.45, 2.75) is 12.5 Å². The smallest absolute Gasteiger partial charge is 0.270 e. The van der Waals surface area contributed by atoms with Crippen molar-refractivity contribution in [3.63, 3.8) is 0 Å². The van der Waals surface area contributed by atoms with Crippen LogP contribution in [0.15, 0.2) is 48.5 Å². The number of para-hydroxylation sites is 1. The Morgan fingerprint density at radius 3 is 2.67 bits per heavy atom. The van der Waals surface area contributed by atoms with E-state index in [1.165, 1.54) is 12.1 Å². The molecule has 0 spiro atoms. The molecule has 0 saturated carbocycles. The molecule has 0 radical (unpaired) electrons. The van der Waals surface area contributed by atoms with Crippen LogP contribution in [-0.4, -0.2) is 30.0 Å². The maximum atomic E-state index is 11.6. The number of nitro benzene ring substituents is 1. The number of amides is 1. The van der Waals surface area contributed by atoms with Crippen LogP contribution < -0.4 is 16.0 Å². The fourth-order valence-corrected chi connectivity index (χ4v) is 2.95. The van der Waals surface area contributed by atoms with E-state index in [0.29, 0.717) is 5.69 Å². The topological polar surface area (TPSA) is 102 Å². The summed E-state index contributed by atoms with van der Waals surface area (Å²) in [6, 6.07) is 14.4. The van der Waals surface area contributed by atoms with Crippen molar-refractivity contribution in [3.8, 4) is 0 Å². The summed E-state index contributed by atoms with van der Waals surface area (Å²) >= 11 is 0. The highest BCUT2D eigenvalue weighted by molar-refractivity contribution is 5.99. The molecule has 0 aromatic heterocycles. The Balaban J connectivity index is 1.75. The number of nitrogens with zero attached hydrogens (tertiary/aromatic N) is 2. The lowest BCUT2D eigenvalue weighted by molar-refractivity contribution is -0.384. The number of benzene rings is 2. The van der Waals surface area contributed by atoms with Gasteiger partial charge in [-0.2, -0.15) is 0 Å². The molecule has 24 heavy (non-hydrogen) atoms. The van der Waals surface area contributed by atoms with E-state index in [0.717, 1.165) is 25.2 Å². The van der Waals surface area contributed by atoms with Crippen LogP contribution in [0.2, 0.25) is 0 Å². The van der Waals surface area contributed by atoms with Gasteiger partial charge in [-0.15, -0.1) is 0 Å². The van der Waals surface area contributed by atoms with Gasteiger partial charge < -0.3 is 16.0 Å². The van der Waals surface area contributed by atoms with Crippen molar-refractivity contribution in [1.29, 1.82) is 0 Å². The van der Waals surface area contributed by atoms with Crippen molar-refractivity contribution in [2.24, 2.45) is 5.73 Å². The molecule has 0 aliphatic carbocycles. The van der Waals surface area contributed by atoms with Gasteiger partial charge in [0.1, 0.15) is 0 Å². The number of nitrogens with two attached hydrogens (primary N) is 1. The summed E-state index contributed by atoms with van der Waals surface area (Å²) in [6.45, 7) is 1.69. The monoisotopic (exact) mass is 326 g/mol. The normalized spacial score (nSPS) is 16.8. The first kappa shape index (κ1) is 15.8. The lowest BCUT2D eigenvalue weighted by atomic mass is 10.1. The van der Waals surface area contributed by atoms with Crippen molar-refractivity contribution in [1.82, 2.24) is 0 Å². The highest BCUT2D eigenvalue weighted by Gasteiger charge is 2.24. The van der Waals surface area contributed by atoms with Crippen molar-refractivity contribution >= 4 is 23.0 Å². The van der Waals surface area contributed by atoms with E-state index in [4.69, 9.17) is 5.73 Å². The van der Waals surface area contributed by atoms with E-state index < -0.39 is 10.8 Å². The fraction of sp³-hybridized carbons (Fsp3) is 0.235. The van der Waals surface area contributed by atoms with Crippen LogP contribution >= 0.6 is 0 Å². The van der Waals surface area contributed by atoms with Crippen LogP contribution in [-0.2, 0) is 0 Å². The van der Waals surface area contributed by atoms with E-state index in [1.807, 2.05) is 18.2 Å². The summed E-state index contributed by atoms with van der Waals surface area (Å²) in [6.07, 6.45) is 0.907. The van der Waals surface area contributed by atoms with E-state index in [1.54, 1.807) is 6.07 Å². The number of nitrogens with one attached hydrogen (secondary N) is 1. The molecule has 7 heteroatoms. The number of anilines is 2. The maximum Gasteiger partial charge on any atom is 0.270 e. The molecule has 1 fully saturated rings. The lowest BCUT2D eigenvalue weighted by Gasteiger charge is -2.20. The van der Waals surface area contributed by atoms with Crippen LogP contribution in [0.5, 0.6) is 0 Å². The molecule has 1 heterocycles. The Morgan fingerprint density at radius 1 is 1.25 bits per heavy atom. The van der Waals surface area contributed by atoms with Gasteiger partial charge in [0.25, 0.3) is 11.6 Å². The lowest BCUT2D eigenvalue weighted by Crippen LogP contribution is -2.27. The zero-order valence-corrected chi connectivity index (χ0v) is 13.0. The minimum Gasteiger partial charge on any atom is -0.380 e. The van der Waals surface area contributed by atoms with Crippen molar-refractivity contribution in [2.75, 3.05) is 23.3 Å². The summed E-state index contributed by atoms with van der Waals surface area (Å²) < 4.78 is 0. The van der Waals surface area contributed by atoms with E-state index in [2.05, 4.69) is 22.3 Å². The number of primary amides is 1. The van der Waals surface area contributed by atoms with Crippen LogP contribution in [0, 0.1) is 10.1 Å². The quantitative estimate of drug-likeness (QED) is 0.649. The summed E-state index contributed by atoms with van der Waals surface area (Å²) in [4.78, 5) is 24.2. The van der Waals surface area contributed by atoms with Gasteiger partial charge >= 0.3 is 0 Å². The predicted molar refractivity (Wildman–Crippen MR) is 92.3 cm³/mol. The number of carbonyl (C=O) groups is 1. The molecule has 1 aliphatic heterocycles. The van der Waals surface area contributed by atoms with Gasteiger partial charge in [0.2, 0.25) is 0 Å². The average molecular weight is 326 g/mol. The first-order valence-corrected chi connectivity index (χ1v) is 7.69. The van der Waals surface area contributed by atoms with Gasteiger partial charge in [-0.25, -0.2) is 0 Å². The van der Waals surface area contributed by atoms with E-state index in [9.17, 15) is 14.9 Å². The molecule has 2 aromatic rings. The molecular weight excluding hydrogens is 308 g/mol. The molecule has 3 N–H and O–H groups in total. The van der Waals surface area contributed by atoms with E-state index >= 15 is 0 Å². The molecular formula is C17H18N4O3. The van der Waals surface area contributed by atoms with Gasteiger partial charge in [-0.1, -0.05) is 18.2 Å². The van der Waals surface area contributed by atoms with Crippen molar-refractivity contribution < 1.29 is 9.72 Å². The largest absolute Gasteiger partial charge is 0.380 e. The van der Waals surface area contributed by atoms with Crippen LogP contribution in [0.1, 0.15) is 16.8 Å². The number of hydrogen-bond donors (Lipinski definition) is 2. The fourth-order valence-electron chi connectivity index (χ4n) is 2.95. The highest BCUT2D eigenvalue weighted by atomic mass is 16.6. The Labute approximate surface area is 139 Å². The molecule has 1 unspecified atom stereocenters. The van der Waals surface area contributed by atoms with Gasteiger partial charge in [-0.3, -0.25) is 14.9 Å². The molecule has 1 atom stereocenters. The molecule has 7 nitrogen and oxygen atoms in total. The standard InChI is InChI=1S/C17H18N4O3/c18-17(22)15-10-14(21(23)24)6-7-16(15)19-12-8-9-20(11-12)13-4-2-1-3-5-13/h1-7,10,12,19H,8-9,11H2,(H2,18,22). The van der Waals surface area contributed by atoms with Gasteiger partial charge in [0.05, 0.1) is 10.5 Å². The summed E-state index contributed by atoms with van der Waals surface area (Å²) in [7, 11) is 0. The Hall–Kier alpha value is -3.09. The SMILES string of the molecule is NC(=O)c1cc([N+](=O)[O-])ccc1NC1CCN(c2ccccc2)C1. The molecule has 1 saturated heterocycles. The zero-order chi connectivity index (χ0) is 17.1. The summed E-state index contributed by atoms with van der Waals surface area (Å²) in [5.74, 6) is -0.681. The van der Waals surface area contributed by atoms with Crippen LogP contribution in [0.4, 0.5) is 17.1 Å². The van der Waals surface area contributed by atoms with Gasteiger partial charge in [0.15, 0.2) is 0 Å². The molecule has 1 aliphatic rings. The molecule has 3 rings (SSSR count). The number of nitro groups is 1. The number of rotatable bonds is 5. The van der Waals surface area contributed by atoms with Crippen LogP contribution in [0.3, 0.4) is 0 Å². The number of non-ortho nitro benzene ring substituents is 1. The second kappa shape index (κ2) is 6.57. The second-order valence-corrected chi connectivity index (χ2v) is 5.76. The maximum absolute atomic E-state index is 11.6. The number of carbonyl (C=O) groups excluding carboxylic acids is 1. The first-order chi connectivity index (χ1) is 11.5. The Bertz CT molecular complexity index is 764. The third kappa shape index (κ3) is 3.29. The zero-order valence-electron chi connectivity index (χ0n) is 13.0. The Kier molecular flexibility index (Phi) is 4.33.